The van der Waals surface area contributed by atoms with E-state index in [1.807, 2.05) is 0 Å². The molecule has 4 heteroatoms. The van der Waals surface area contributed by atoms with E-state index in [1.54, 1.807) is 6.08 Å². The highest BCUT2D eigenvalue weighted by Gasteiger charge is 2.08. The van der Waals surface area contributed by atoms with Crippen molar-refractivity contribution < 1.29 is 9.46 Å². The lowest BCUT2D eigenvalue weighted by Gasteiger charge is -1.67. The standard InChI is InChI=1S/C3H5O2PS/c1-2-3-7-6(4)5/h2H,1,3H2/p+1. The molecule has 0 aliphatic heterocycles. The fourth-order valence-electron chi connectivity index (χ4n) is 0.116. The average Bonchev–Trinajstić information content (AvgIpc) is 1.61. The smallest absolute Gasteiger partial charge is 0.151 e. The molecule has 1 atom stereocenters. The molecule has 0 heterocycles. The molecule has 0 saturated carbocycles. The van der Waals surface area contributed by atoms with Crippen LogP contribution in [0.25, 0.3) is 0 Å². The van der Waals surface area contributed by atoms with Crippen molar-refractivity contribution in [3.8, 4) is 0 Å². The van der Waals surface area contributed by atoms with Crippen LogP contribution in [0.1, 0.15) is 0 Å². The Labute approximate surface area is 47.2 Å². The maximum absolute atomic E-state index is 9.82. The third-order valence-corrected chi connectivity index (χ3v) is 2.02. The molecule has 0 fully saturated rings. The van der Waals surface area contributed by atoms with Gasteiger partial charge in [0.25, 0.3) is 0 Å². The lowest BCUT2D eigenvalue weighted by atomic mass is 10.8. The van der Waals surface area contributed by atoms with Crippen molar-refractivity contribution in [2.24, 2.45) is 0 Å². The number of hydrogen-bond donors (Lipinski definition) is 1. The second-order valence-corrected chi connectivity index (χ2v) is 3.60. The van der Waals surface area contributed by atoms with Gasteiger partial charge in [0.05, 0.1) is 5.75 Å². The Balaban J connectivity index is 2.97. The Morgan fingerprint density at radius 1 is 2.00 bits per heavy atom. The molecule has 2 nitrogen and oxygen atoms in total. The monoisotopic (exact) mass is 137 g/mol. The van der Waals surface area contributed by atoms with Gasteiger partial charge in [-0.1, -0.05) is 6.08 Å². The summed E-state index contributed by atoms with van der Waals surface area (Å²) >= 11 is 0.978. The predicted molar refractivity (Wildman–Crippen MR) is 32.5 cm³/mol. The zero-order valence-corrected chi connectivity index (χ0v) is 5.41. The van der Waals surface area contributed by atoms with E-state index in [2.05, 4.69) is 6.58 Å². The highest BCUT2D eigenvalue weighted by molar-refractivity contribution is 8.50. The summed E-state index contributed by atoms with van der Waals surface area (Å²) in [6.45, 7) is 3.37. The highest BCUT2D eigenvalue weighted by Crippen LogP contribution is 2.31. The number of rotatable bonds is 3. The van der Waals surface area contributed by atoms with Crippen LogP contribution >= 0.6 is 18.6 Å². The summed E-state index contributed by atoms with van der Waals surface area (Å²) in [7, 11) is -2.01. The predicted octanol–water partition coefficient (Wildman–Crippen LogP) is 1.56. The molecule has 0 aromatic rings. The maximum atomic E-state index is 9.82. The van der Waals surface area contributed by atoms with Gasteiger partial charge in [-0.3, -0.25) is 0 Å². The normalized spacial score (nSPS) is 10.7. The molecule has 40 valence electrons. The van der Waals surface area contributed by atoms with Crippen molar-refractivity contribution in [3.63, 3.8) is 0 Å². The topological polar surface area (TPSA) is 37.3 Å². The third-order valence-electron chi connectivity index (χ3n) is 0.303. The summed E-state index contributed by atoms with van der Waals surface area (Å²) in [5.41, 5.74) is 0. The van der Waals surface area contributed by atoms with Gasteiger partial charge >= 0.3 is 7.23 Å². The second-order valence-electron chi connectivity index (χ2n) is 0.822. The van der Waals surface area contributed by atoms with Crippen LogP contribution in [-0.4, -0.2) is 10.6 Å². The molecular formula is C3H6O2PS+. The minimum atomic E-state index is -2.01. The van der Waals surface area contributed by atoms with E-state index in [9.17, 15) is 4.57 Å². The average molecular weight is 137 g/mol. The van der Waals surface area contributed by atoms with Crippen LogP contribution in [0.5, 0.6) is 0 Å². The van der Waals surface area contributed by atoms with Crippen molar-refractivity contribution in [1.82, 2.24) is 0 Å². The third kappa shape index (κ3) is 6.15. The lowest BCUT2D eigenvalue weighted by molar-refractivity contribution is 0.519. The van der Waals surface area contributed by atoms with Crippen molar-refractivity contribution in [3.05, 3.63) is 12.7 Å². The van der Waals surface area contributed by atoms with Gasteiger partial charge in [-0.2, -0.15) is 4.89 Å². The van der Waals surface area contributed by atoms with E-state index in [0.717, 1.165) is 11.4 Å². The molecule has 0 rings (SSSR count). The lowest BCUT2D eigenvalue weighted by Crippen LogP contribution is -1.58. The molecule has 0 saturated heterocycles. The van der Waals surface area contributed by atoms with Crippen LogP contribution in [0.4, 0.5) is 0 Å². The van der Waals surface area contributed by atoms with Crippen LogP contribution in [0, 0.1) is 0 Å². The molecular weight excluding hydrogens is 131 g/mol. The van der Waals surface area contributed by atoms with Crippen LogP contribution in [0.2, 0.25) is 0 Å². The summed E-state index contributed by atoms with van der Waals surface area (Å²) in [5, 5.41) is 0. The van der Waals surface area contributed by atoms with Gasteiger partial charge in [0.2, 0.25) is 0 Å². The summed E-state index contributed by atoms with van der Waals surface area (Å²) in [4.78, 5) is 8.11. The van der Waals surface area contributed by atoms with Gasteiger partial charge in [0.1, 0.15) is 0 Å². The zero-order valence-electron chi connectivity index (χ0n) is 3.70. The Hall–Kier alpha value is 0.150. The van der Waals surface area contributed by atoms with Gasteiger partial charge in [0.15, 0.2) is 11.4 Å². The maximum Gasteiger partial charge on any atom is 0.583 e. The van der Waals surface area contributed by atoms with Gasteiger partial charge in [-0.05, 0) is 4.57 Å². The van der Waals surface area contributed by atoms with Gasteiger partial charge in [-0.25, -0.2) is 0 Å². The molecule has 0 aliphatic carbocycles. The Morgan fingerprint density at radius 3 is 2.71 bits per heavy atom. The summed E-state index contributed by atoms with van der Waals surface area (Å²) in [6, 6.07) is 0. The van der Waals surface area contributed by atoms with Crippen molar-refractivity contribution >= 4 is 18.6 Å². The van der Waals surface area contributed by atoms with Gasteiger partial charge < -0.3 is 0 Å². The fraction of sp³-hybridized carbons (Fsp3) is 0.333. The van der Waals surface area contributed by atoms with Gasteiger partial charge in [0, 0.05) is 0 Å². The largest absolute Gasteiger partial charge is 0.583 e. The SMILES string of the molecule is C=CCS[P+](=O)O. The van der Waals surface area contributed by atoms with E-state index in [4.69, 9.17) is 4.89 Å². The molecule has 0 aromatic carbocycles. The van der Waals surface area contributed by atoms with Crippen molar-refractivity contribution in [2.45, 2.75) is 0 Å². The first-order chi connectivity index (χ1) is 3.27. The van der Waals surface area contributed by atoms with Crippen LogP contribution in [0.3, 0.4) is 0 Å². The molecule has 0 aromatic heterocycles. The fourth-order valence-corrected chi connectivity index (χ4v) is 1.05. The van der Waals surface area contributed by atoms with Crippen molar-refractivity contribution in [1.29, 1.82) is 0 Å². The van der Waals surface area contributed by atoms with Crippen LogP contribution < -0.4 is 0 Å². The first-order valence-corrected chi connectivity index (χ1v) is 4.47. The first kappa shape index (κ1) is 7.15. The van der Waals surface area contributed by atoms with E-state index in [1.165, 1.54) is 0 Å². The molecule has 0 bridgehead atoms. The minimum absolute atomic E-state index is 0.547. The van der Waals surface area contributed by atoms with E-state index < -0.39 is 7.23 Å². The Kier molecular flexibility index (Phi) is 4.41. The Morgan fingerprint density at radius 2 is 2.57 bits per heavy atom. The Bertz CT molecular complexity index is 83.0. The second kappa shape index (κ2) is 4.31. The molecule has 0 amide bonds. The molecule has 1 unspecified atom stereocenters. The first-order valence-electron chi connectivity index (χ1n) is 1.67. The van der Waals surface area contributed by atoms with Gasteiger partial charge in [-0.15, -0.1) is 6.58 Å². The zero-order chi connectivity index (χ0) is 5.70. The summed E-state index contributed by atoms with van der Waals surface area (Å²) in [6.07, 6.45) is 1.59. The summed E-state index contributed by atoms with van der Waals surface area (Å²) < 4.78 is 9.82. The summed E-state index contributed by atoms with van der Waals surface area (Å²) in [5.74, 6) is 0.547. The van der Waals surface area contributed by atoms with E-state index in [-0.39, 0.29) is 0 Å². The molecule has 0 spiro atoms. The minimum Gasteiger partial charge on any atom is -0.151 e. The van der Waals surface area contributed by atoms with Crippen LogP contribution in [-0.2, 0) is 4.57 Å². The number of hydrogen-bond acceptors (Lipinski definition) is 2. The molecule has 7 heavy (non-hydrogen) atoms. The van der Waals surface area contributed by atoms with E-state index in [0.29, 0.717) is 5.75 Å². The van der Waals surface area contributed by atoms with Crippen molar-refractivity contribution in [2.75, 3.05) is 5.75 Å². The molecule has 0 radical (unpaired) electrons. The highest BCUT2D eigenvalue weighted by atomic mass is 32.7. The quantitative estimate of drug-likeness (QED) is 0.473. The van der Waals surface area contributed by atoms with E-state index >= 15 is 0 Å². The molecule has 0 aliphatic rings. The van der Waals surface area contributed by atoms with Crippen LogP contribution in [0.15, 0.2) is 12.7 Å². The molecule has 1 N–H and O–H groups in total.